The average molecular weight is 325 g/mol. The van der Waals surface area contributed by atoms with E-state index in [0.717, 1.165) is 24.2 Å². The fourth-order valence-corrected chi connectivity index (χ4v) is 2.67. The van der Waals surface area contributed by atoms with Crippen LogP contribution in [0.5, 0.6) is 5.75 Å². The van der Waals surface area contributed by atoms with Gasteiger partial charge in [0.25, 0.3) is 5.91 Å². The van der Waals surface area contributed by atoms with Crippen molar-refractivity contribution in [3.63, 3.8) is 0 Å². The first kappa shape index (κ1) is 18.1. The highest BCUT2D eigenvalue weighted by Gasteiger charge is 2.18. The Morgan fingerprint density at radius 2 is 1.88 bits per heavy atom. The summed E-state index contributed by atoms with van der Waals surface area (Å²) in [7, 11) is 0. The largest absolute Gasteiger partial charge is 0.480 e. The molecule has 0 radical (unpaired) electrons. The minimum atomic E-state index is -0.442. The third kappa shape index (κ3) is 5.41. The van der Waals surface area contributed by atoms with Crippen molar-refractivity contribution in [3.8, 4) is 5.75 Å². The molecular formula is C21H27NO2. The number of aryl methyl sites for hydroxylation is 3. The maximum atomic E-state index is 12.3. The van der Waals surface area contributed by atoms with Gasteiger partial charge in [0.2, 0.25) is 0 Å². The van der Waals surface area contributed by atoms with E-state index in [9.17, 15) is 4.79 Å². The normalized spacial score (nSPS) is 11.8. The Bertz CT molecular complexity index is 652. The molecule has 0 unspecified atom stereocenters. The maximum absolute atomic E-state index is 12.3. The molecule has 3 heteroatoms. The third-order valence-electron chi connectivity index (χ3n) is 4.05. The first-order chi connectivity index (χ1) is 11.6. The Hall–Kier alpha value is -2.29. The van der Waals surface area contributed by atoms with Crippen molar-refractivity contribution in [1.82, 2.24) is 5.32 Å². The summed E-state index contributed by atoms with van der Waals surface area (Å²) in [6.07, 6.45) is 2.10. The summed E-state index contributed by atoms with van der Waals surface area (Å²) in [5.74, 6) is 0.748. The summed E-state index contributed by atoms with van der Waals surface area (Å²) in [6.45, 7) is 6.69. The van der Waals surface area contributed by atoms with Gasteiger partial charge in [0.05, 0.1) is 0 Å². The molecule has 0 aliphatic rings. The molecule has 128 valence electrons. The molecule has 1 amide bonds. The second kappa shape index (κ2) is 9.11. The number of nitrogens with one attached hydrogen (secondary N) is 1. The van der Waals surface area contributed by atoms with Crippen molar-refractivity contribution in [2.75, 3.05) is 6.54 Å². The molecule has 0 saturated heterocycles. The van der Waals surface area contributed by atoms with Crippen LogP contribution >= 0.6 is 0 Å². The molecule has 1 N–H and O–H groups in total. The van der Waals surface area contributed by atoms with Crippen molar-refractivity contribution in [2.24, 2.45) is 0 Å². The Morgan fingerprint density at radius 1 is 1.12 bits per heavy atom. The molecule has 0 aliphatic heterocycles. The van der Waals surface area contributed by atoms with E-state index in [-0.39, 0.29) is 5.91 Å². The summed E-state index contributed by atoms with van der Waals surface area (Å²) >= 11 is 0. The topological polar surface area (TPSA) is 38.3 Å². The maximum Gasteiger partial charge on any atom is 0.261 e. The van der Waals surface area contributed by atoms with Crippen molar-refractivity contribution in [2.45, 2.75) is 46.1 Å². The molecule has 0 fully saturated rings. The molecule has 0 spiro atoms. The fourth-order valence-electron chi connectivity index (χ4n) is 2.67. The number of benzene rings is 2. The lowest BCUT2D eigenvalue weighted by Crippen LogP contribution is -2.38. The Morgan fingerprint density at radius 3 is 2.54 bits per heavy atom. The van der Waals surface area contributed by atoms with Crippen LogP contribution in [-0.4, -0.2) is 18.6 Å². The van der Waals surface area contributed by atoms with Gasteiger partial charge in [-0.25, -0.2) is 0 Å². The predicted molar refractivity (Wildman–Crippen MR) is 98.4 cm³/mol. The fraction of sp³-hybridized carbons (Fsp3) is 0.381. The smallest absolute Gasteiger partial charge is 0.261 e. The van der Waals surface area contributed by atoms with Crippen molar-refractivity contribution < 1.29 is 9.53 Å². The number of carbonyl (C=O) groups excluding carboxylic acids is 1. The molecule has 0 saturated carbocycles. The summed E-state index contributed by atoms with van der Waals surface area (Å²) in [4.78, 5) is 12.3. The Balaban J connectivity index is 1.80. The van der Waals surface area contributed by atoms with Crippen LogP contribution in [0.2, 0.25) is 0 Å². The molecule has 3 nitrogen and oxygen atoms in total. The summed E-state index contributed by atoms with van der Waals surface area (Å²) < 4.78 is 5.91. The molecule has 0 aromatic heterocycles. The second-order valence-corrected chi connectivity index (χ2v) is 6.16. The van der Waals surface area contributed by atoms with Gasteiger partial charge in [-0.15, -0.1) is 0 Å². The second-order valence-electron chi connectivity index (χ2n) is 6.16. The van der Waals surface area contributed by atoms with Gasteiger partial charge in [-0.3, -0.25) is 4.79 Å². The van der Waals surface area contributed by atoms with Gasteiger partial charge in [-0.1, -0.05) is 55.0 Å². The third-order valence-corrected chi connectivity index (χ3v) is 4.05. The van der Waals surface area contributed by atoms with Gasteiger partial charge in [0.15, 0.2) is 6.10 Å². The number of amides is 1. The van der Waals surface area contributed by atoms with Gasteiger partial charge >= 0.3 is 0 Å². The van der Waals surface area contributed by atoms with Crippen molar-refractivity contribution >= 4 is 5.91 Å². The van der Waals surface area contributed by atoms with E-state index in [1.807, 2.05) is 51.1 Å². The number of hydrogen-bond donors (Lipinski definition) is 1. The van der Waals surface area contributed by atoms with Crippen LogP contribution in [0.15, 0.2) is 48.5 Å². The average Bonchev–Trinajstić information content (AvgIpc) is 2.59. The zero-order chi connectivity index (χ0) is 17.4. The highest BCUT2D eigenvalue weighted by atomic mass is 16.5. The van der Waals surface area contributed by atoms with E-state index in [4.69, 9.17) is 4.74 Å². The van der Waals surface area contributed by atoms with Crippen LogP contribution in [0, 0.1) is 13.8 Å². The van der Waals surface area contributed by atoms with E-state index >= 15 is 0 Å². The standard InChI is InChI=1S/C21H27NO2/c1-4-19(24-20-13-12-16(2)15-17(20)3)21(23)22-14-8-11-18-9-6-5-7-10-18/h5-7,9-10,12-13,15,19H,4,8,11,14H2,1-3H3,(H,22,23)/t19-/m1/s1. The van der Waals surface area contributed by atoms with Crippen LogP contribution < -0.4 is 10.1 Å². The minimum absolute atomic E-state index is 0.0365. The minimum Gasteiger partial charge on any atom is -0.480 e. The van der Waals surface area contributed by atoms with Gasteiger partial charge in [0, 0.05) is 6.54 Å². The van der Waals surface area contributed by atoms with E-state index in [2.05, 4.69) is 23.5 Å². The first-order valence-electron chi connectivity index (χ1n) is 8.65. The Kier molecular flexibility index (Phi) is 6.86. The van der Waals surface area contributed by atoms with Crippen molar-refractivity contribution in [1.29, 1.82) is 0 Å². The molecule has 0 aliphatic carbocycles. The predicted octanol–water partition coefficient (Wildman–Crippen LogP) is 4.21. The number of hydrogen-bond acceptors (Lipinski definition) is 2. The molecule has 2 rings (SSSR count). The van der Waals surface area contributed by atoms with E-state index < -0.39 is 6.10 Å². The number of carbonyl (C=O) groups is 1. The molecular weight excluding hydrogens is 298 g/mol. The zero-order valence-corrected chi connectivity index (χ0v) is 14.8. The van der Waals surface area contributed by atoms with E-state index in [0.29, 0.717) is 13.0 Å². The zero-order valence-electron chi connectivity index (χ0n) is 14.8. The highest BCUT2D eigenvalue weighted by Crippen LogP contribution is 2.20. The molecule has 24 heavy (non-hydrogen) atoms. The molecule has 0 heterocycles. The number of ether oxygens (including phenoxy) is 1. The lowest BCUT2D eigenvalue weighted by molar-refractivity contribution is -0.128. The van der Waals surface area contributed by atoms with Crippen LogP contribution in [-0.2, 0) is 11.2 Å². The van der Waals surface area contributed by atoms with E-state index in [1.54, 1.807) is 0 Å². The van der Waals surface area contributed by atoms with Crippen LogP contribution in [0.3, 0.4) is 0 Å². The number of rotatable bonds is 8. The summed E-state index contributed by atoms with van der Waals surface area (Å²) in [5.41, 5.74) is 3.55. The van der Waals surface area contributed by atoms with Crippen LogP contribution in [0.4, 0.5) is 0 Å². The quantitative estimate of drug-likeness (QED) is 0.738. The van der Waals surface area contributed by atoms with Gasteiger partial charge < -0.3 is 10.1 Å². The van der Waals surface area contributed by atoms with Crippen LogP contribution in [0.25, 0.3) is 0 Å². The molecule has 1 atom stereocenters. The lowest BCUT2D eigenvalue weighted by atomic mass is 10.1. The molecule has 2 aromatic rings. The van der Waals surface area contributed by atoms with Gasteiger partial charge in [0.1, 0.15) is 5.75 Å². The highest BCUT2D eigenvalue weighted by molar-refractivity contribution is 5.81. The Labute approximate surface area is 145 Å². The van der Waals surface area contributed by atoms with Gasteiger partial charge in [-0.05, 0) is 50.3 Å². The summed E-state index contributed by atoms with van der Waals surface area (Å²) in [6, 6.07) is 16.3. The van der Waals surface area contributed by atoms with Crippen molar-refractivity contribution in [3.05, 3.63) is 65.2 Å². The summed E-state index contributed by atoms with van der Waals surface area (Å²) in [5, 5.41) is 2.99. The monoisotopic (exact) mass is 325 g/mol. The molecule has 2 aromatic carbocycles. The SMILES string of the molecule is CC[C@@H](Oc1ccc(C)cc1C)C(=O)NCCCc1ccccc1. The van der Waals surface area contributed by atoms with Crippen LogP contribution in [0.1, 0.15) is 36.5 Å². The first-order valence-corrected chi connectivity index (χ1v) is 8.65. The molecule has 0 bridgehead atoms. The lowest BCUT2D eigenvalue weighted by Gasteiger charge is -2.19. The van der Waals surface area contributed by atoms with E-state index in [1.165, 1.54) is 11.1 Å². The van der Waals surface area contributed by atoms with Gasteiger partial charge in [-0.2, -0.15) is 0 Å².